The Hall–Kier alpha value is -3.00. The van der Waals surface area contributed by atoms with Crippen LogP contribution < -0.4 is 0 Å². The van der Waals surface area contributed by atoms with Crippen molar-refractivity contribution in [2.24, 2.45) is 5.92 Å². The van der Waals surface area contributed by atoms with Gasteiger partial charge in [0, 0.05) is 44.0 Å². The number of likely N-dealkylation sites (N-methyl/N-ethyl adjacent to an activating group) is 1. The molecule has 1 aliphatic rings. The molecule has 1 aromatic carbocycles. The minimum atomic E-state index is 0.0525. The molecule has 3 aromatic rings. The monoisotopic (exact) mass is 451 g/mol. The molecule has 0 radical (unpaired) electrons. The number of aromatic nitrogens is 3. The van der Waals surface area contributed by atoms with E-state index >= 15 is 0 Å². The van der Waals surface area contributed by atoms with Crippen LogP contribution in [-0.2, 0) is 29.0 Å². The molecule has 7 nitrogen and oxygen atoms in total. The van der Waals surface area contributed by atoms with E-state index < -0.39 is 0 Å². The third-order valence-corrected chi connectivity index (χ3v) is 6.92. The van der Waals surface area contributed by atoms with Crippen molar-refractivity contribution < 1.29 is 9.59 Å². The van der Waals surface area contributed by atoms with Crippen LogP contribution in [0.5, 0.6) is 0 Å². The molecule has 32 heavy (non-hydrogen) atoms. The van der Waals surface area contributed by atoms with E-state index in [9.17, 15) is 9.59 Å². The predicted molar refractivity (Wildman–Crippen MR) is 124 cm³/mol. The summed E-state index contributed by atoms with van der Waals surface area (Å²) in [6.45, 7) is 1.68. The van der Waals surface area contributed by atoms with Crippen molar-refractivity contribution in [2.45, 2.75) is 38.3 Å². The van der Waals surface area contributed by atoms with Crippen molar-refractivity contribution in [2.75, 3.05) is 20.1 Å². The van der Waals surface area contributed by atoms with E-state index in [0.717, 1.165) is 38.0 Å². The van der Waals surface area contributed by atoms with Crippen LogP contribution in [0, 0.1) is 5.92 Å². The van der Waals surface area contributed by atoms with E-state index in [1.54, 1.807) is 16.4 Å². The third-order valence-electron chi connectivity index (χ3n) is 6.29. The fourth-order valence-electron chi connectivity index (χ4n) is 4.43. The van der Waals surface area contributed by atoms with Crippen LogP contribution in [0.15, 0.2) is 59.7 Å². The van der Waals surface area contributed by atoms with Gasteiger partial charge in [0.1, 0.15) is 6.54 Å². The van der Waals surface area contributed by atoms with Crippen LogP contribution in [0.4, 0.5) is 0 Å². The molecule has 8 heteroatoms. The van der Waals surface area contributed by atoms with Gasteiger partial charge in [0.2, 0.25) is 11.8 Å². The quantitative estimate of drug-likeness (QED) is 0.528. The van der Waals surface area contributed by atoms with E-state index in [-0.39, 0.29) is 24.4 Å². The van der Waals surface area contributed by atoms with Crippen molar-refractivity contribution >= 4 is 23.2 Å². The Kier molecular flexibility index (Phi) is 7.32. The first-order valence-electron chi connectivity index (χ1n) is 11.0. The number of thiazole rings is 1. The van der Waals surface area contributed by atoms with Crippen LogP contribution in [-0.4, -0.2) is 62.6 Å². The highest BCUT2D eigenvalue weighted by Gasteiger charge is 2.32. The number of piperidine rings is 1. The lowest BCUT2D eigenvalue weighted by molar-refractivity contribution is -0.136. The summed E-state index contributed by atoms with van der Waals surface area (Å²) in [6.07, 6.45) is 6.44. The molecule has 0 unspecified atom stereocenters. The molecule has 2 amide bonds. The molecule has 0 aliphatic carbocycles. The molecule has 168 valence electrons. The zero-order chi connectivity index (χ0) is 22.3. The number of nitrogens with zero attached hydrogens (tertiary/aromatic N) is 5. The molecule has 0 saturated carbocycles. The van der Waals surface area contributed by atoms with Crippen molar-refractivity contribution in [3.63, 3.8) is 0 Å². The van der Waals surface area contributed by atoms with E-state index in [0.29, 0.717) is 12.3 Å². The molecule has 1 saturated heterocycles. The Morgan fingerprint density at radius 1 is 1.19 bits per heavy atom. The second kappa shape index (κ2) is 10.5. The number of benzene rings is 1. The second-order valence-electron chi connectivity index (χ2n) is 8.34. The zero-order valence-corrected chi connectivity index (χ0v) is 19.2. The first-order chi connectivity index (χ1) is 15.6. The van der Waals surface area contributed by atoms with Gasteiger partial charge in [-0.25, -0.2) is 4.98 Å². The molecule has 2 aromatic heterocycles. The third kappa shape index (κ3) is 5.62. The maximum absolute atomic E-state index is 13.0. The molecule has 1 fully saturated rings. The normalized spacial score (nSPS) is 15.5. The van der Waals surface area contributed by atoms with Crippen molar-refractivity contribution in [3.8, 4) is 0 Å². The van der Waals surface area contributed by atoms with E-state index in [4.69, 9.17) is 0 Å². The SMILES string of the molecule is CN(C(=O)Cn1cccn1)[C@@H](Cc1ccccc1)C1CCN(C(=O)Cc2cscn2)CC1. The second-order valence-corrected chi connectivity index (χ2v) is 9.06. The smallest absolute Gasteiger partial charge is 0.244 e. The van der Waals surface area contributed by atoms with Crippen molar-refractivity contribution in [1.82, 2.24) is 24.6 Å². The average Bonchev–Trinajstić information content (AvgIpc) is 3.52. The summed E-state index contributed by atoms with van der Waals surface area (Å²) in [5.74, 6) is 0.527. The fourth-order valence-corrected chi connectivity index (χ4v) is 4.99. The Morgan fingerprint density at radius 2 is 1.97 bits per heavy atom. The summed E-state index contributed by atoms with van der Waals surface area (Å²) < 4.78 is 1.66. The van der Waals surface area contributed by atoms with Crippen molar-refractivity contribution in [3.05, 3.63) is 70.9 Å². The number of rotatable bonds is 8. The largest absolute Gasteiger partial charge is 0.342 e. The number of carbonyl (C=O) groups excluding carboxylic acids is 2. The summed E-state index contributed by atoms with van der Waals surface area (Å²) in [6, 6.07) is 12.2. The maximum Gasteiger partial charge on any atom is 0.244 e. The molecule has 4 rings (SSSR count). The minimum absolute atomic E-state index is 0.0525. The summed E-state index contributed by atoms with van der Waals surface area (Å²) >= 11 is 1.51. The minimum Gasteiger partial charge on any atom is -0.342 e. The summed E-state index contributed by atoms with van der Waals surface area (Å²) in [7, 11) is 1.90. The molecular weight excluding hydrogens is 422 g/mol. The van der Waals surface area contributed by atoms with E-state index in [2.05, 4.69) is 22.2 Å². The number of carbonyl (C=O) groups is 2. The van der Waals surface area contributed by atoms with Gasteiger partial charge in [0.05, 0.1) is 17.6 Å². The number of hydrogen-bond donors (Lipinski definition) is 0. The van der Waals surface area contributed by atoms with Gasteiger partial charge in [0.15, 0.2) is 0 Å². The highest BCUT2D eigenvalue weighted by molar-refractivity contribution is 7.07. The lowest BCUT2D eigenvalue weighted by Gasteiger charge is -2.40. The molecule has 0 bridgehead atoms. The lowest BCUT2D eigenvalue weighted by Crippen LogP contribution is -2.49. The first-order valence-corrected chi connectivity index (χ1v) is 12.0. The van der Waals surface area contributed by atoms with Crippen LogP contribution in [0.2, 0.25) is 0 Å². The van der Waals surface area contributed by atoms with Gasteiger partial charge in [0.25, 0.3) is 0 Å². The Bertz CT molecular complexity index is 983. The number of hydrogen-bond acceptors (Lipinski definition) is 5. The Morgan fingerprint density at radius 3 is 2.62 bits per heavy atom. The molecular formula is C24H29N5O2S. The summed E-state index contributed by atoms with van der Waals surface area (Å²) in [4.78, 5) is 33.8. The van der Waals surface area contributed by atoms with E-state index in [1.807, 2.05) is 52.7 Å². The maximum atomic E-state index is 13.0. The number of likely N-dealkylation sites (tertiary alicyclic amines) is 1. The van der Waals surface area contributed by atoms with Gasteiger partial charge < -0.3 is 9.80 Å². The number of amides is 2. The van der Waals surface area contributed by atoms with Gasteiger partial charge in [-0.2, -0.15) is 5.10 Å². The van der Waals surface area contributed by atoms with Crippen LogP contribution in [0.25, 0.3) is 0 Å². The van der Waals surface area contributed by atoms with Gasteiger partial charge in [-0.05, 0) is 36.8 Å². The topological polar surface area (TPSA) is 71.3 Å². The Balaban J connectivity index is 1.41. The van der Waals surface area contributed by atoms with Crippen LogP contribution >= 0.6 is 11.3 Å². The van der Waals surface area contributed by atoms with Gasteiger partial charge >= 0.3 is 0 Å². The van der Waals surface area contributed by atoms with Crippen molar-refractivity contribution in [1.29, 1.82) is 0 Å². The van der Waals surface area contributed by atoms with Crippen LogP contribution in [0.3, 0.4) is 0 Å². The molecule has 0 N–H and O–H groups in total. The molecule has 1 aliphatic heterocycles. The summed E-state index contributed by atoms with van der Waals surface area (Å²) in [5.41, 5.74) is 3.82. The lowest BCUT2D eigenvalue weighted by atomic mass is 9.84. The highest BCUT2D eigenvalue weighted by atomic mass is 32.1. The van der Waals surface area contributed by atoms with E-state index in [1.165, 1.54) is 16.9 Å². The molecule has 0 spiro atoms. The average molecular weight is 452 g/mol. The first kappa shape index (κ1) is 22.2. The predicted octanol–water partition coefficient (Wildman–Crippen LogP) is 2.89. The van der Waals surface area contributed by atoms with Gasteiger partial charge in [-0.15, -0.1) is 11.3 Å². The zero-order valence-electron chi connectivity index (χ0n) is 18.3. The Labute approximate surface area is 192 Å². The summed E-state index contributed by atoms with van der Waals surface area (Å²) in [5, 5.41) is 6.11. The molecule has 3 heterocycles. The van der Waals surface area contributed by atoms with Crippen LogP contribution in [0.1, 0.15) is 24.1 Å². The van der Waals surface area contributed by atoms with Gasteiger partial charge in [-0.1, -0.05) is 30.3 Å². The van der Waals surface area contributed by atoms with Gasteiger partial charge in [-0.3, -0.25) is 14.3 Å². The standard InChI is InChI=1S/C24H29N5O2S/c1-27(24(31)16-29-11-5-10-26-29)22(14-19-6-3-2-4-7-19)20-8-12-28(13-9-20)23(30)15-21-17-32-18-25-21/h2-7,10-11,17-18,20,22H,8-9,12-16H2,1H3/t22-/m0/s1. The fraction of sp³-hybridized carbons (Fsp3) is 0.417. The highest BCUT2D eigenvalue weighted by Crippen LogP contribution is 2.27. The molecule has 1 atom stereocenters.